The molecule has 0 spiro atoms. The first-order chi connectivity index (χ1) is 6.74. The van der Waals surface area contributed by atoms with Crippen molar-refractivity contribution in [1.29, 1.82) is 0 Å². The fourth-order valence-corrected chi connectivity index (χ4v) is 1.36. The van der Waals surface area contributed by atoms with E-state index < -0.39 is 6.04 Å². The predicted octanol–water partition coefficient (Wildman–Crippen LogP) is 1.09. The van der Waals surface area contributed by atoms with Gasteiger partial charge in [-0.1, -0.05) is 6.07 Å². The zero-order chi connectivity index (χ0) is 10.6. The topological polar surface area (TPSA) is 41.5 Å². The SMILES string of the molecule is CN[C@H](CO)c1c(F)cccc1OC. The fourth-order valence-electron chi connectivity index (χ4n) is 1.36. The Bertz CT molecular complexity index is 300. The Morgan fingerprint density at radius 2 is 2.29 bits per heavy atom. The average Bonchev–Trinajstić information content (AvgIpc) is 2.22. The van der Waals surface area contributed by atoms with Crippen LogP contribution in [0.2, 0.25) is 0 Å². The number of nitrogens with one attached hydrogen (secondary N) is 1. The maximum atomic E-state index is 13.4. The van der Waals surface area contributed by atoms with Gasteiger partial charge in [0, 0.05) is 5.56 Å². The minimum atomic E-state index is -0.439. The van der Waals surface area contributed by atoms with Crippen molar-refractivity contribution >= 4 is 0 Å². The Labute approximate surface area is 82.5 Å². The normalized spacial score (nSPS) is 12.6. The van der Waals surface area contributed by atoms with Gasteiger partial charge >= 0.3 is 0 Å². The highest BCUT2D eigenvalue weighted by Gasteiger charge is 2.17. The van der Waals surface area contributed by atoms with Gasteiger partial charge in [-0.2, -0.15) is 0 Å². The first-order valence-corrected chi connectivity index (χ1v) is 4.35. The Kier molecular flexibility index (Phi) is 3.85. The summed E-state index contributed by atoms with van der Waals surface area (Å²) in [4.78, 5) is 0. The van der Waals surface area contributed by atoms with E-state index in [0.29, 0.717) is 11.3 Å². The largest absolute Gasteiger partial charge is 0.496 e. The second-order valence-electron chi connectivity index (χ2n) is 2.88. The first kappa shape index (κ1) is 10.9. The molecule has 0 saturated heterocycles. The molecule has 3 nitrogen and oxygen atoms in total. The van der Waals surface area contributed by atoms with E-state index in [1.807, 2.05) is 0 Å². The van der Waals surface area contributed by atoms with Crippen LogP contribution >= 0.6 is 0 Å². The van der Waals surface area contributed by atoms with Gasteiger partial charge in [0.2, 0.25) is 0 Å². The lowest BCUT2D eigenvalue weighted by atomic mass is 10.1. The highest BCUT2D eigenvalue weighted by Crippen LogP contribution is 2.27. The maximum Gasteiger partial charge on any atom is 0.131 e. The molecule has 0 fully saturated rings. The molecular formula is C10H14FNO2. The van der Waals surface area contributed by atoms with Gasteiger partial charge < -0.3 is 15.2 Å². The van der Waals surface area contributed by atoms with Crippen LogP contribution in [0.4, 0.5) is 4.39 Å². The van der Waals surface area contributed by atoms with Crippen molar-refractivity contribution in [2.45, 2.75) is 6.04 Å². The van der Waals surface area contributed by atoms with Crippen molar-refractivity contribution < 1.29 is 14.2 Å². The molecule has 1 atom stereocenters. The number of aliphatic hydroxyl groups excluding tert-OH is 1. The van der Waals surface area contributed by atoms with Gasteiger partial charge in [-0.05, 0) is 19.2 Å². The summed E-state index contributed by atoms with van der Waals surface area (Å²) < 4.78 is 18.4. The molecule has 0 aliphatic rings. The summed E-state index contributed by atoms with van der Waals surface area (Å²) in [5.74, 6) is 0.0659. The third kappa shape index (κ3) is 2.02. The Morgan fingerprint density at radius 1 is 1.57 bits per heavy atom. The summed E-state index contributed by atoms with van der Waals surface area (Å²) in [6.07, 6.45) is 0. The number of likely N-dealkylation sites (N-methyl/N-ethyl adjacent to an activating group) is 1. The molecule has 78 valence electrons. The molecule has 2 N–H and O–H groups in total. The summed E-state index contributed by atoms with van der Waals surface area (Å²) in [5, 5.41) is 11.9. The Morgan fingerprint density at radius 3 is 2.79 bits per heavy atom. The number of rotatable bonds is 4. The predicted molar refractivity (Wildman–Crippen MR) is 51.8 cm³/mol. The summed E-state index contributed by atoms with van der Waals surface area (Å²) in [5.41, 5.74) is 0.361. The summed E-state index contributed by atoms with van der Waals surface area (Å²) >= 11 is 0. The summed E-state index contributed by atoms with van der Waals surface area (Å²) in [7, 11) is 3.13. The molecule has 0 radical (unpaired) electrons. The van der Waals surface area contributed by atoms with Crippen LogP contribution in [-0.4, -0.2) is 25.9 Å². The highest BCUT2D eigenvalue weighted by molar-refractivity contribution is 5.37. The minimum Gasteiger partial charge on any atom is -0.496 e. The van der Waals surface area contributed by atoms with E-state index in [2.05, 4.69) is 5.32 Å². The van der Waals surface area contributed by atoms with E-state index in [-0.39, 0.29) is 12.4 Å². The molecule has 1 aromatic carbocycles. The molecule has 0 aliphatic heterocycles. The van der Waals surface area contributed by atoms with Crippen LogP contribution in [0.3, 0.4) is 0 Å². The van der Waals surface area contributed by atoms with E-state index in [4.69, 9.17) is 9.84 Å². The van der Waals surface area contributed by atoms with Crippen molar-refractivity contribution in [3.63, 3.8) is 0 Å². The number of aliphatic hydroxyl groups is 1. The van der Waals surface area contributed by atoms with Crippen LogP contribution in [0.25, 0.3) is 0 Å². The molecule has 0 amide bonds. The smallest absolute Gasteiger partial charge is 0.131 e. The van der Waals surface area contributed by atoms with Crippen molar-refractivity contribution in [2.24, 2.45) is 0 Å². The maximum absolute atomic E-state index is 13.4. The molecule has 4 heteroatoms. The molecule has 0 saturated carbocycles. The van der Waals surface area contributed by atoms with Gasteiger partial charge in [0.15, 0.2) is 0 Å². The number of ether oxygens (including phenoxy) is 1. The molecule has 0 heterocycles. The monoisotopic (exact) mass is 199 g/mol. The minimum absolute atomic E-state index is 0.173. The first-order valence-electron chi connectivity index (χ1n) is 4.35. The van der Waals surface area contributed by atoms with E-state index in [1.54, 1.807) is 19.2 Å². The van der Waals surface area contributed by atoms with E-state index in [1.165, 1.54) is 13.2 Å². The van der Waals surface area contributed by atoms with Gasteiger partial charge in [0.25, 0.3) is 0 Å². The molecule has 14 heavy (non-hydrogen) atoms. The molecule has 0 aliphatic carbocycles. The van der Waals surface area contributed by atoms with Gasteiger partial charge in [-0.3, -0.25) is 0 Å². The van der Waals surface area contributed by atoms with Gasteiger partial charge in [-0.15, -0.1) is 0 Å². The lowest BCUT2D eigenvalue weighted by Gasteiger charge is -2.17. The van der Waals surface area contributed by atoms with E-state index in [9.17, 15) is 4.39 Å². The van der Waals surface area contributed by atoms with Crippen molar-refractivity contribution in [2.75, 3.05) is 20.8 Å². The molecule has 1 rings (SSSR count). The second-order valence-corrected chi connectivity index (χ2v) is 2.88. The molecular weight excluding hydrogens is 185 g/mol. The van der Waals surface area contributed by atoms with Crippen LogP contribution in [0.1, 0.15) is 11.6 Å². The van der Waals surface area contributed by atoms with Crippen molar-refractivity contribution in [3.8, 4) is 5.75 Å². The quantitative estimate of drug-likeness (QED) is 0.762. The van der Waals surface area contributed by atoms with E-state index in [0.717, 1.165) is 0 Å². The van der Waals surface area contributed by atoms with Gasteiger partial charge in [0.05, 0.1) is 19.8 Å². The third-order valence-corrected chi connectivity index (χ3v) is 2.11. The number of benzene rings is 1. The lowest BCUT2D eigenvalue weighted by molar-refractivity contribution is 0.244. The Hall–Kier alpha value is -1.13. The number of hydrogen-bond acceptors (Lipinski definition) is 3. The molecule has 0 aromatic heterocycles. The zero-order valence-electron chi connectivity index (χ0n) is 8.25. The van der Waals surface area contributed by atoms with Gasteiger partial charge in [0.1, 0.15) is 11.6 Å². The van der Waals surface area contributed by atoms with Gasteiger partial charge in [-0.25, -0.2) is 4.39 Å². The van der Waals surface area contributed by atoms with Crippen LogP contribution in [0, 0.1) is 5.82 Å². The fraction of sp³-hybridized carbons (Fsp3) is 0.400. The van der Waals surface area contributed by atoms with Crippen LogP contribution in [-0.2, 0) is 0 Å². The van der Waals surface area contributed by atoms with Crippen LogP contribution in [0.5, 0.6) is 5.75 Å². The Balaban J connectivity index is 3.14. The van der Waals surface area contributed by atoms with Crippen molar-refractivity contribution in [3.05, 3.63) is 29.6 Å². The average molecular weight is 199 g/mol. The lowest BCUT2D eigenvalue weighted by Crippen LogP contribution is -2.21. The molecule has 1 aromatic rings. The number of methoxy groups -OCH3 is 1. The van der Waals surface area contributed by atoms with Crippen LogP contribution in [0.15, 0.2) is 18.2 Å². The summed E-state index contributed by atoms with van der Waals surface area (Å²) in [6, 6.07) is 4.14. The standard InChI is InChI=1S/C10H14FNO2/c1-12-8(6-13)10-7(11)4-3-5-9(10)14-2/h3-5,8,12-13H,6H2,1-2H3/t8-/m1/s1. The highest BCUT2D eigenvalue weighted by atomic mass is 19.1. The molecule has 0 unspecified atom stereocenters. The molecule has 0 bridgehead atoms. The third-order valence-electron chi connectivity index (χ3n) is 2.11. The summed E-state index contributed by atoms with van der Waals surface area (Å²) in [6.45, 7) is -0.173. The number of halogens is 1. The second kappa shape index (κ2) is 4.93. The van der Waals surface area contributed by atoms with Crippen molar-refractivity contribution in [1.82, 2.24) is 5.32 Å². The van der Waals surface area contributed by atoms with E-state index >= 15 is 0 Å². The zero-order valence-corrected chi connectivity index (χ0v) is 8.25. The number of hydrogen-bond donors (Lipinski definition) is 2. The van der Waals surface area contributed by atoms with Crippen LogP contribution < -0.4 is 10.1 Å².